The Labute approximate surface area is 140 Å². The second kappa shape index (κ2) is 5.68. The molecule has 3 aromatic rings. The zero-order valence-electron chi connectivity index (χ0n) is 13.7. The van der Waals surface area contributed by atoms with Gasteiger partial charge in [-0.15, -0.1) is 0 Å². The largest absolute Gasteiger partial charge is 0.486 e. The highest BCUT2D eigenvalue weighted by Crippen LogP contribution is 2.35. The van der Waals surface area contributed by atoms with E-state index in [0.717, 1.165) is 28.9 Å². The fourth-order valence-electron chi connectivity index (χ4n) is 3.21. The van der Waals surface area contributed by atoms with Crippen LogP contribution >= 0.6 is 0 Å². The molecule has 0 radical (unpaired) electrons. The van der Waals surface area contributed by atoms with Crippen molar-refractivity contribution < 1.29 is 9.15 Å². The molecule has 0 bridgehead atoms. The molecule has 1 aliphatic rings. The SMILES string of the molecule is CC[C@H]1C=Cc2c(cc3occ(-c4ccccc4)c(=O)c3c2C)O1. The van der Waals surface area contributed by atoms with E-state index in [0.29, 0.717) is 16.5 Å². The molecule has 120 valence electrons. The molecular formula is C21H18O3. The van der Waals surface area contributed by atoms with Crippen molar-refractivity contribution in [3.05, 3.63) is 70.1 Å². The molecule has 0 amide bonds. The maximum atomic E-state index is 13.0. The van der Waals surface area contributed by atoms with E-state index in [1.807, 2.05) is 49.4 Å². The Morgan fingerprint density at radius 2 is 1.96 bits per heavy atom. The molecule has 2 heterocycles. The Hall–Kier alpha value is -2.81. The highest BCUT2D eigenvalue weighted by atomic mass is 16.5. The Kier molecular flexibility index (Phi) is 3.49. The van der Waals surface area contributed by atoms with Crippen LogP contribution in [0.5, 0.6) is 5.75 Å². The van der Waals surface area contributed by atoms with Crippen LogP contribution in [0.15, 0.2) is 57.9 Å². The van der Waals surface area contributed by atoms with Gasteiger partial charge in [0.15, 0.2) is 0 Å². The van der Waals surface area contributed by atoms with Gasteiger partial charge in [-0.05, 0) is 30.5 Å². The van der Waals surface area contributed by atoms with Crippen LogP contribution in [0.4, 0.5) is 0 Å². The van der Waals surface area contributed by atoms with E-state index in [9.17, 15) is 4.79 Å². The zero-order valence-corrected chi connectivity index (χ0v) is 13.7. The third-order valence-electron chi connectivity index (χ3n) is 4.57. The van der Waals surface area contributed by atoms with E-state index < -0.39 is 0 Å². The van der Waals surface area contributed by atoms with Gasteiger partial charge < -0.3 is 9.15 Å². The van der Waals surface area contributed by atoms with Crippen LogP contribution in [-0.2, 0) is 0 Å². The van der Waals surface area contributed by atoms with E-state index in [1.54, 1.807) is 6.26 Å². The summed E-state index contributed by atoms with van der Waals surface area (Å²) in [5.74, 6) is 0.782. The quantitative estimate of drug-likeness (QED) is 0.671. The maximum Gasteiger partial charge on any atom is 0.200 e. The van der Waals surface area contributed by atoms with Crippen LogP contribution in [-0.4, -0.2) is 6.10 Å². The van der Waals surface area contributed by atoms with E-state index >= 15 is 0 Å². The number of aryl methyl sites for hydroxylation is 1. The molecule has 3 nitrogen and oxygen atoms in total. The lowest BCUT2D eigenvalue weighted by molar-refractivity contribution is 0.241. The van der Waals surface area contributed by atoms with Gasteiger partial charge in [0.25, 0.3) is 0 Å². The maximum absolute atomic E-state index is 13.0. The predicted octanol–water partition coefficient (Wildman–Crippen LogP) is 4.95. The van der Waals surface area contributed by atoms with Crippen molar-refractivity contribution in [2.75, 3.05) is 0 Å². The Morgan fingerprint density at radius 1 is 1.17 bits per heavy atom. The standard InChI is InChI=1S/C21H18O3/c1-3-15-9-10-16-13(2)20-19(11-18(16)24-15)23-12-17(21(20)22)14-7-5-4-6-8-14/h4-12,15H,3H2,1-2H3/t15-/m0/s1. The van der Waals surface area contributed by atoms with Gasteiger partial charge in [0.2, 0.25) is 5.43 Å². The summed E-state index contributed by atoms with van der Waals surface area (Å²) < 4.78 is 11.8. The molecule has 4 rings (SSSR count). The van der Waals surface area contributed by atoms with E-state index in [-0.39, 0.29) is 11.5 Å². The van der Waals surface area contributed by atoms with Gasteiger partial charge in [0.05, 0.1) is 10.9 Å². The average Bonchev–Trinajstić information content (AvgIpc) is 2.62. The molecule has 0 saturated carbocycles. The summed E-state index contributed by atoms with van der Waals surface area (Å²) in [6.45, 7) is 4.03. The van der Waals surface area contributed by atoms with E-state index in [4.69, 9.17) is 9.15 Å². The Bertz CT molecular complexity index is 997. The van der Waals surface area contributed by atoms with Gasteiger partial charge in [0, 0.05) is 11.6 Å². The van der Waals surface area contributed by atoms with E-state index in [1.165, 1.54) is 0 Å². The van der Waals surface area contributed by atoms with Crippen LogP contribution in [0.1, 0.15) is 24.5 Å². The summed E-state index contributed by atoms with van der Waals surface area (Å²) in [4.78, 5) is 13.0. The van der Waals surface area contributed by atoms with Gasteiger partial charge in [-0.25, -0.2) is 0 Å². The number of ether oxygens (including phenoxy) is 1. The van der Waals surface area contributed by atoms with Gasteiger partial charge in [-0.2, -0.15) is 0 Å². The molecule has 1 atom stereocenters. The molecule has 0 aliphatic carbocycles. The summed E-state index contributed by atoms with van der Waals surface area (Å²) in [6.07, 6.45) is 6.62. The second-order valence-electron chi connectivity index (χ2n) is 6.05. The summed E-state index contributed by atoms with van der Waals surface area (Å²) >= 11 is 0. The summed E-state index contributed by atoms with van der Waals surface area (Å²) in [6, 6.07) is 11.4. The molecule has 3 heteroatoms. The fraction of sp³-hybridized carbons (Fsp3) is 0.190. The minimum Gasteiger partial charge on any atom is -0.486 e. The smallest absolute Gasteiger partial charge is 0.200 e. The predicted molar refractivity (Wildman–Crippen MR) is 96.4 cm³/mol. The third kappa shape index (κ3) is 2.24. The number of hydrogen-bond donors (Lipinski definition) is 0. The van der Waals surface area contributed by atoms with Crippen LogP contribution in [0, 0.1) is 6.92 Å². The highest BCUT2D eigenvalue weighted by Gasteiger charge is 2.20. The lowest BCUT2D eigenvalue weighted by Crippen LogP contribution is -2.17. The van der Waals surface area contributed by atoms with Crippen molar-refractivity contribution in [1.29, 1.82) is 0 Å². The molecule has 2 aromatic carbocycles. The summed E-state index contributed by atoms with van der Waals surface area (Å²) in [5, 5.41) is 0.623. The first-order valence-electron chi connectivity index (χ1n) is 8.18. The fourth-order valence-corrected chi connectivity index (χ4v) is 3.21. The minimum absolute atomic E-state index is 0.00577. The van der Waals surface area contributed by atoms with Crippen molar-refractivity contribution in [3.8, 4) is 16.9 Å². The molecule has 0 fully saturated rings. The molecule has 1 aromatic heterocycles. The lowest BCUT2D eigenvalue weighted by Gasteiger charge is -2.22. The van der Waals surface area contributed by atoms with Crippen molar-refractivity contribution in [2.24, 2.45) is 0 Å². The first-order valence-corrected chi connectivity index (χ1v) is 8.18. The van der Waals surface area contributed by atoms with Crippen molar-refractivity contribution in [3.63, 3.8) is 0 Å². The molecule has 1 aliphatic heterocycles. The minimum atomic E-state index is -0.00577. The van der Waals surface area contributed by atoms with Crippen molar-refractivity contribution in [1.82, 2.24) is 0 Å². The van der Waals surface area contributed by atoms with Crippen LogP contribution < -0.4 is 10.2 Å². The molecule has 0 spiro atoms. The number of rotatable bonds is 2. The highest BCUT2D eigenvalue weighted by molar-refractivity contribution is 5.90. The first kappa shape index (κ1) is 14.8. The van der Waals surface area contributed by atoms with Crippen LogP contribution in [0.3, 0.4) is 0 Å². The van der Waals surface area contributed by atoms with Gasteiger partial charge in [0.1, 0.15) is 23.7 Å². The van der Waals surface area contributed by atoms with Crippen molar-refractivity contribution in [2.45, 2.75) is 26.4 Å². The van der Waals surface area contributed by atoms with Crippen LogP contribution in [0.25, 0.3) is 28.2 Å². The molecule has 0 unspecified atom stereocenters. The molecule has 0 N–H and O–H groups in total. The van der Waals surface area contributed by atoms with Gasteiger partial charge in [-0.1, -0.05) is 43.3 Å². The topological polar surface area (TPSA) is 39.4 Å². The Balaban J connectivity index is 1.97. The number of hydrogen-bond acceptors (Lipinski definition) is 3. The second-order valence-corrected chi connectivity index (χ2v) is 6.05. The lowest BCUT2D eigenvalue weighted by atomic mass is 9.97. The zero-order chi connectivity index (χ0) is 16.7. The van der Waals surface area contributed by atoms with Gasteiger partial charge in [-0.3, -0.25) is 4.79 Å². The van der Waals surface area contributed by atoms with Crippen molar-refractivity contribution >= 4 is 17.0 Å². The molecule has 24 heavy (non-hydrogen) atoms. The van der Waals surface area contributed by atoms with E-state index in [2.05, 4.69) is 13.0 Å². The monoisotopic (exact) mass is 318 g/mol. The summed E-state index contributed by atoms with van der Waals surface area (Å²) in [5.41, 5.74) is 3.88. The van der Waals surface area contributed by atoms with Gasteiger partial charge >= 0.3 is 0 Å². The molecular weight excluding hydrogens is 300 g/mol. The third-order valence-corrected chi connectivity index (χ3v) is 4.57. The average molecular weight is 318 g/mol. The first-order chi connectivity index (χ1) is 11.7. The molecule has 0 saturated heterocycles. The Morgan fingerprint density at radius 3 is 2.71 bits per heavy atom. The number of fused-ring (bicyclic) bond motifs is 2. The summed E-state index contributed by atoms with van der Waals surface area (Å²) in [7, 11) is 0. The number of benzene rings is 2. The normalized spacial score (nSPS) is 16.0. The van der Waals surface area contributed by atoms with Crippen LogP contribution in [0.2, 0.25) is 0 Å².